The minimum Gasteiger partial charge on any atom is -0.348 e. The lowest BCUT2D eigenvalue weighted by atomic mass is 10.1. The van der Waals surface area contributed by atoms with Crippen LogP contribution in [0, 0.1) is 19.7 Å². The average Bonchev–Trinajstić information content (AvgIpc) is 3.20. The van der Waals surface area contributed by atoms with Gasteiger partial charge >= 0.3 is 0 Å². The molecule has 0 radical (unpaired) electrons. The van der Waals surface area contributed by atoms with E-state index in [-0.39, 0.29) is 22.9 Å². The number of hydrogen-bond donors (Lipinski definition) is 0. The lowest BCUT2D eigenvalue weighted by molar-refractivity contribution is 0.102. The van der Waals surface area contributed by atoms with Crippen molar-refractivity contribution in [3.8, 4) is 5.69 Å². The first-order chi connectivity index (χ1) is 18.3. The van der Waals surface area contributed by atoms with Crippen molar-refractivity contribution in [1.82, 2.24) is 14.1 Å². The number of para-hydroxylation sites is 1. The largest absolute Gasteiger partial charge is 0.348 e. The molecule has 0 aliphatic carbocycles. The van der Waals surface area contributed by atoms with Gasteiger partial charge in [0, 0.05) is 28.5 Å². The SMILES string of the molecule is Cc1cc(C(=O)CSc2nc3ccccc3c(=O)n2-c2ccc(Cl)cc2)c(C)n1CCc1ccc(F)cc1. The molecule has 0 aliphatic heterocycles. The molecule has 0 N–H and O–H groups in total. The van der Waals surface area contributed by atoms with Crippen LogP contribution >= 0.6 is 23.4 Å². The van der Waals surface area contributed by atoms with Crippen LogP contribution in [0.5, 0.6) is 0 Å². The zero-order valence-corrected chi connectivity index (χ0v) is 22.5. The van der Waals surface area contributed by atoms with Crippen LogP contribution in [0.25, 0.3) is 16.6 Å². The summed E-state index contributed by atoms with van der Waals surface area (Å²) < 4.78 is 16.9. The minimum atomic E-state index is -0.255. The van der Waals surface area contributed by atoms with Gasteiger partial charge in [0.1, 0.15) is 5.82 Å². The third-order valence-corrected chi connectivity index (χ3v) is 7.76. The first-order valence-corrected chi connectivity index (χ1v) is 13.5. The van der Waals surface area contributed by atoms with E-state index in [2.05, 4.69) is 4.57 Å². The number of hydrogen-bond acceptors (Lipinski definition) is 4. The number of benzene rings is 3. The molecule has 0 aliphatic rings. The summed E-state index contributed by atoms with van der Waals surface area (Å²) in [6, 6.07) is 22.5. The van der Waals surface area contributed by atoms with Crippen molar-refractivity contribution in [3.63, 3.8) is 0 Å². The maximum atomic E-state index is 13.4. The summed E-state index contributed by atoms with van der Waals surface area (Å²) in [6.07, 6.45) is 0.730. The van der Waals surface area contributed by atoms with E-state index in [9.17, 15) is 14.0 Å². The fraction of sp³-hybridized carbons (Fsp3) is 0.167. The number of carbonyl (C=O) groups excluding carboxylic acids is 1. The van der Waals surface area contributed by atoms with Crippen molar-refractivity contribution in [2.75, 3.05) is 5.75 Å². The van der Waals surface area contributed by atoms with Gasteiger partial charge in [0.2, 0.25) is 0 Å². The maximum absolute atomic E-state index is 13.4. The van der Waals surface area contributed by atoms with Gasteiger partial charge < -0.3 is 4.57 Å². The van der Waals surface area contributed by atoms with Crippen LogP contribution in [0.1, 0.15) is 27.3 Å². The molecule has 0 saturated carbocycles. The topological polar surface area (TPSA) is 56.9 Å². The van der Waals surface area contributed by atoms with Crippen molar-refractivity contribution < 1.29 is 9.18 Å². The lowest BCUT2D eigenvalue weighted by Gasteiger charge is -2.13. The second kappa shape index (κ2) is 11.0. The molecule has 0 amide bonds. The summed E-state index contributed by atoms with van der Waals surface area (Å²) >= 11 is 7.31. The van der Waals surface area contributed by atoms with E-state index < -0.39 is 0 Å². The van der Waals surface area contributed by atoms with Gasteiger partial charge in [-0.05, 0) is 80.4 Å². The van der Waals surface area contributed by atoms with Crippen molar-refractivity contribution in [2.24, 2.45) is 0 Å². The number of rotatable bonds is 8. The Kier molecular flexibility index (Phi) is 7.49. The van der Waals surface area contributed by atoms with Crippen molar-refractivity contribution in [3.05, 3.63) is 123 Å². The Morgan fingerprint density at radius 1 is 1.00 bits per heavy atom. The zero-order chi connectivity index (χ0) is 26.8. The van der Waals surface area contributed by atoms with Gasteiger partial charge in [0.25, 0.3) is 5.56 Å². The van der Waals surface area contributed by atoms with Gasteiger partial charge in [0.15, 0.2) is 10.9 Å². The number of carbonyl (C=O) groups is 1. The monoisotopic (exact) mass is 545 g/mol. The molecule has 3 aromatic carbocycles. The smallest absolute Gasteiger partial charge is 0.266 e. The summed E-state index contributed by atoms with van der Waals surface area (Å²) in [7, 11) is 0. The minimum absolute atomic E-state index is 0.0406. The van der Waals surface area contributed by atoms with Gasteiger partial charge in [-0.1, -0.05) is 47.6 Å². The third-order valence-electron chi connectivity index (χ3n) is 6.57. The number of fused-ring (bicyclic) bond motifs is 1. The van der Waals surface area contributed by atoms with E-state index in [0.717, 1.165) is 23.4 Å². The highest BCUT2D eigenvalue weighted by atomic mass is 35.5. The third kappa shape index (κ3) is 5.30. The van der Waals surface area contributed by atoms with Crippen LogP contribution < -0.4 is 5.56 Å². The highest BCUT2D eigenvalue weighted by molar-refractivity contribution is 7.99. The fourth-order valence-corrected chi connectivity index (χ4v) is 5.58. The second-order valence-electron chi connectivity index (χ2n) is 9.05. The van der Waals surface area contributed by atoms with Crippen LogP contribution in [0.4, 0.5) is 4.39 Å². The number of aromatic nitrogens is 3. The van der Waals surface area contributed by atoms with Gasteiger partial charge in [-0.3, -0.25) is 14.2 Å². The van der Waals surface area contributed by atoms with Crippen LogP contribution in [0.2, 0.25) is 5.02 Å². The maximum Gasteiger partial charge on any atom is 0.266 e. The summed E-state index contributed by atoms with van der Waals surface area (Å²) in [4.78, 5) is 31.5. The number of Topliss-reactive ketones (excluding diaryl/α,β-unsaturated/α-hetero) is 1. The van der Waals surface area contributed by atoms with Crippen LogP contribution in [-0.4, -0.2) is 25.7 Å². The molecule has 0 fully saturated rings. The standard InChI is InChI=1S/C30H25ClFN3O2S/c1-19-17-26(20(2)34(19)16-15-21-7-11-23(32)12-8-21)28(36)18-38-30-33-27-6-4-3-5-25(27)29(37)35(30)24-13-9-22(31)10-14-24/h3-14,17H,15-16,18H2,1-2H3. The average molecular weight is 546 g/mol. The molecule has 0 unspecified atom stereocenters. The molecule has 0 spiro atoms. The lowest BCUT2D eigenvalue weighted by Crippen LogP contribution is -2.22. The van der Waals surface area contributed by atoms with E-state index >= 15 is 0 Å². The van der Waals surface area contributed by atoms with E-state index in [1.165, 1.54) is 28.5 Å². The number of thioether (sulfide) groups is 1. The van der Waals surface area contributed by atoms with Crippen molar-refractivity contribution in [1.29, 1.82) is 0 Å². The molecule has 8 heteroatoms. The summed E-state index contributed by atoms with van der Waals surface area (Å²) in [5, 5.41) is 1.51. The Bertz CT molecular complexity index is 1690. The van der Waals surface area contributed by atoms with Gasteiger partial charge in [0.05, 0.1) is 22.3 Å². The highest BCUT2D eigenvalue weighted by Crippen LogP contribution is 2.25. The molecule has 5 nitrogen and oxygen atoms in total. The Morgan fingerprint density at radius 3 is 2.45 bits per heavy atom. The van der Waals surface area contributed by atoms with Crippen LogP contribution in [-0.2, 0) is 13.0 Å². The number of aryl methyl sites for hydroxylation is 2. The predicted octanol–water partition coefficient (Wildman–Crippen LogP) is 6.81. The Morgan fingerprint density at radius 2 is 1.71 bits per heavy atom. The highest BCUT2D eigenvalue weighted by Gasteiger charge is 2.19. The Hall–Kier alpha value is -3.68. The quantitative estimate of drug-likeness (QED) is 0.122. The first-order valence-electron chi connectivity index (χ1n) is 12.2. The number of halogens is 2. The zero-order valence-electron chi connectivity index (χ0n) is 20.9. The van der Waals surface area contributed by atoms with Crippen molar-refractivity contribution in [2.45, 2.75) is 32.0 Å². The van der Waals surface area contributed by atoms with Gasteiger partial charge in [-0.15, -0.1) is 0 Å². The first kappa shape index (κ1) is 25.9. The van der Waals surface area contributed by atoms with Crippen molar-refractivity contribution >= 4 is 40.0 Å². The molecule has 0 saturated heterocycles. The van der Waals surface area contributed by atoms with E-state index in [0.29, 0.717) is 38.9 Å². The molecule has 38 heavy (non-hydrogen) atoms. The summed E-state index contributed by atoms with van der Waals surface area (Å²) in [5.41, 5.74) is 4.56. The Labute approximate surface area is 228 Å². The normalized spacial score (nSPS) is 11.3. The molecule has 2 aromatic heterocycles. The van der Waals surface area contributed by atoms with E-state index in [1.54, 1.807) is 54.6 Å². The second-order valence-corrected chi connectivity index (χ2v) is 10.4. The molecular formula is C30H25ClFN3O2S. The van der Waals surface area contributed by atoms with Crippen LogP contribution in [0.3, 0.4) is 0 Å². The summed E-state index contributed by atoms with van der Waals surface area (Å²) in [6.45, 7) is 4.60. The number of ketones is 1. The predicted molar refractivity (Wildman–Crippen MR) is 151 cm³/mol. The molecule has 5 rings (SSSR count). The molecule has 0 atom stereocenters. The molecule has 5 aromatic rings. The van der Waals surface area contributed by atoms with Gasteiger partial charge in [-0.2, -0.15) is 0 Å². The van der Waals surface area contributed by atoms with Gasteiger partial charge in [-0.25, -0.2) is 9.37 Å². The molecule has 0 bridgehead atoms. The molecule has 2 heterocycles. The Balaban J connectivity index is 1.40. The molecule has 192 valence electrons. The van der Waals surface area contributed by atoms with E-state index in [1.807, 2.05) is 26.0 Å². The number of nitrogens with zero attached hydrogens (tertiary/aromatic N) is 3. The van der Waals surface area contributed by atoms with E-state index in [4.69, 9.17) is 16.6 Å². The molecular weight excluding hydrogens is 521 g/mol. The fourth-order valence-electron chi connectivity index (χ4n) is 4.55. The van der Waals surface area contributed by atoms with Crippen LogP contribution in [0.15, 0.2) is 88.8 Å². The summed E-state index contributed by atoms with van der Waals surface area (Å²) in [5.74, 6) is -0.170.